The van der Waals surface area contributed by atoms with Gasteiger partial charge < -0.3 is 25.4 Å². The molecule has 0 spiro atoms. The summed E-state index contributed by atoms with van der Waals surface area (Å²) in [6.07, 6.45) is 4.28. The molecule has 3 aromatic carbocycles. The van der Waals surface area contributed by atoms with Crippen molar-refractivity contribution in [1.29, 1.82) is 0 Å². The first-order valence-electron chi connectivity index (χ1n) is 16.6. The molecule has 278 valence electrons. The van der Waals surface area contributed by atoms with E-state index in [2.05, 4.69) is 29.8 Å². The fourth-order valence-electron chi connectivity index (χ4n) is 6.19. The first kappa shape index (κ1) is 37.2. The smallest absolute Gasteiger partial charge is 0.355 e. The highest BCUT2D eigenvalue weighted by atomic mass is 32.2. The second kappa shape index (κ2) is 16.5. The molecule has 2 amide bonds. The molecule has 2 unspecified atom stereocenters. The number of rotatable bonds is 13. The lowest BCUT2D eigenvalue weighted by Crippen LogP contribution is -2.70. The number of benzene rings is 3. The summed E-state index contributed by atoms with van der Waals surface area (Å²) in [6, 6.07) is 25.6. The minimum atomic E-state index is -1.36. The first-order valence-corrected chi connectivity index (χ1v) is 19.4. The Morgan fingerprint density at radius 2 is 1.71 bits per heavy atom. The van der Waals surface area contributed by atoms with Gasteiger partial charge in [-0.25, -0.2) is 14.6 Å². The number of fused-ring (bicyclic) bond motifs is 1. The number of ether oxygens (including phenoxy) is 2. The Labute approximate surface area is 326 Å². The van der Waals surface area contributed by atoms with Crippen molar-refractivity contribution in [3.63, 3.8) is 0 Å². The quantitative estimate of drug-likeness (QED) is 0.0555. The molecule has 17 heteroatoms. The van der Waals surface area contributed by atoms with Gasteiger partial charge in [0.05, 0.1) is 18.5 Å². The number of esters is 2. The number of thioether (sulfide) groups is 1. The number of hydrogen-bond donors (Lipinski definition) is 2. The lowest BCUT2D eigenvalue weighted by molar-refractivity contribution is -0.158. The fraction of sp³-hybridized carbons (Fsp3) is 0.158. The number of β-lactam (4-membered cyclic amide) rings is 1. The van der Waals surface area contributed by atoms with Gasteiger partial charge in [-0.05, 0) is 23.2 Å². The van der Waals surface area contributed by atoms with E-state index in [4.69, 9.17) is 15.3 Å². The van der Waals surface area contributed by atoms with E-state index >= 15 is 0 Å². The standard InChI is InChI=1S/C38H31N7O7S3/c1-50-31(47)19-51-36(49)33-23(16-17-26-21-55-44-43-26)20-53-35-32(34(48)45(33)35)42-30(46)18-40-52-38(24-10-4-2-5-11-24,25-12-6-3-7-13-25)28-15-9-8-14-27(28)29-22-54-37(39)41-29/h2-18,21-22,32,35H,19-20H2,1H3,(H2,39,41)(H,42,46)/b17-16-,40-18-. The molecule has 4 heterocycles. The van der Waals surface area contributed by atoms with Gasteiger partial charge >= 0.3 is 11.9 Å². The van der Waals surface area contributed by atoms with Crippen molar-refractivity contribution in [1.82, 2.24) is 24.8 Å². The average Bonchev–Trinajstić information content (AvgIpc) is 3.92. The molecule has 7 rings (SSSR count). The predicted molar refractivity (Wildman–Crippen MR) is 208 cm³/mol. The van der Waals surface area contributed by atoms with E-state index in [1.807, 2.05) is 90.3 Å². The largest absolute Gasteiger partial charge is 0.466 e. The van der Waals surface area contributed by atoms with Crippen molar-refractivity contribution in [3.8, 4) is 11.3 Å². The number of anilines is 1. The van der Waals surface area contributed by atoms with Gasteiger partial charge in [0.25, 0.3) is 11.8 Å². The average molecular weight is 794 g/mol. The van der Waals surface area contributed by atoms with Crippen LogP contribution >= 0.6 is 34.6 Å². The number of nitrogens with zero attached hydrogens (tertiary/aromatic N) is 5. The van der Waals surface area contributed by atoms with Crippen LogP contribution < -0.4 is 11.1 Å². The second-order valence-corrected chi connectivity index (χ2v) is 14.5. The Balaban J connectivity index is 1.16. The molecule has 55 heavy (non-hydrogen) atoms. The van der Waals surface area contributed by atoms with Gasteiger partial charge in [-0.2, -0.15) is 0 Å². The highest BCUT2D eigenvalue weighted by Gasteiger charge is 2.54. The molecule has 1 saturated heterocycles. The number of hydrogen-bond acceptors (Lipinski definition) is 15. The van der Waals surface area contributed by atoms with E-state index in [-0.39, 0.29) is 11.4 Å². The van der Waals surface area contributed by atoms with Crippen LogP contribution in [0.15, 0.2) is 118 Å². The highest BCUT2D eigenvalue weighted by Crippen LogP contribution is 2.45. The van der Waals surface area contributed by atoms with E-state index < -0.39 is 47.4 Å². The van der Waals surface area contributed by atoms with Gasteiger partial charge in [0.2, 0.25) is 5.60 Å². The number of nitrogen functional groups attached to an aromatic ring is 1. The molecule has 2 aliphatic heterocycles. The zero-order chi connectivity index (χ0) is 38.4. The SMILES string of the molecule is COC(=O)COC(=O)C1=C(/C=C\c2csnn2)CSC2C(NC(=O)/C=N\OC(c3ccccc3)(c3ccccc3)c3ccccc3-c3csc(N)n3)C(=O)N12. The Bertz CT molecular complexity index is 2260. The van der Waals surface area contributed by atoms with Crippen LogP contribution in [-0.2, 0) is 39.1 Å². The molecule has 0 aliphatic carbocycles. The van der Waals surface area contributed by atoms with Crippen molar-refractivity contribution in [2.24, 2.45) is 5.16 Å². The van der Waals surface area contributed by atoms with Gasteiger partial charge in [0.15, 0.2) is 11.7 Å². The summed E-state index contributed by atoms with van der Waals surface area (Å²) >= 11 is 3.82. The molecule has 2 aromatic heterocycles. The number of allylic oxidation sites excluding steroid dienone is 1. The lowest BCUT2D eigenvalue weighted by Gasteiger charge is -2.49. The van der Waals surface area contributed by atoms with Crippen LogP contribution in [0.4, 0.5) is 5.13 Å². The van der Waals surface area contributed by atoms with Crippen LogP contribution in [0.1, 0.15) is 22.4 Å². The number of aromatic nitrogens is 3. The molecule has 0 saturated carbocycles. The molecule has 0 radical (unpaired) electrons. The van der Waals surface area contributed by atoms with E-state index in [1.165, 1.54) is 35.1 Å². The Morgan fingerprint density at radius 1 is 1.00 bits per heavy atom. The highest BCUT2D eigenvalue weighted by molar-refractivity contribution is 8.00. The molecule has 5 aromatic rings. The minimum absolute atomic E-state index is 0.0457. The van der Waals surface area contributed by atoms with Crippen LogP contribution in [0, 0.1) is 0 Å². The topological polar surface area (TPSA) is 188 Å². The van der Waals surface area contributed by atoms with Gasteiger partial charge in [-0.15, -0.1) is 28.2 Å². The summed E-state index contributed by atoms with van der Waals surface area (Å²) < 4.78 is 13.6. The lowest BCUT2D eigenvalue weighted by atomic mass is 9.78. The maximum Gasteiger partial charge on any atom is 0.355 e. The summed E-state index contributed by atoms with van der Waals surface area (Å²) in [5.74, 6) is -2.61. The molecule has 2 aliphatic rings. The van der Waals surface area contributed by atoms with Crippen LogP contribution in [0.3, 0.4) is 0 Å². The Morgan fingerprint density at radius 3 is 2.36 bits per heavy atom. The summed E-state index contributed by atoms with van der Waals surface area (Å²) in [5, 5.41) is 14.3. The third-order valence-electron chi connectivity index (χ3n) is 8.69. The zero-order valence-corrected chi connectivity index (χ0v) is 31.4. The van der Waals surface area contributed by atoms with E-state index in [9.17, 15) is 19.2 Å². The monoisotopic (exact) mass is 793 g/mol. The fourth-order valence-corrected chi connectivity index (χ4v) is 8.49. The number of oxime groups is 1. The maximum atomic E-state index is 13.6. The third-order valence-corrected chi connectivity index (χ3v) is 11.2. The summed E-state index contributed by atoms with van der Waals surface area (Å²) in [5.41, 5.74) is 9.23. The molecule has 14 nitrogen and oxygen atoms in total. The third kappa shape index (κ3) is 7.62. The predicted octanol–water partition coefficient (Wildman–Crippen LogP) is 4.62. The van der Waals surface area contributed by atoms with Crippen molar-refractivity contribution >= 4 is 75.8 Å². The normalized spacial score (nSPS) is 16.8. The van der Waals surface area contributed by atoms with Gasteiger partial charge in [0, 0.05) is 38.8 Å². The Kier molecular flexibility index (Phi) is 11.1. The number of methoxy groups -OCH3 is 1. The van der Waals surface area contributed by atoms with Crippen LogP contribution in [0.25, 0.3) is 17.3 Å². The number of nitrogens with two attached hydrogens (primary N) is 1. The van der Waals surface area contributed by atoms with Crippen LogP contribution in [0.2, 0.25) is 0 Å². The number of amides is 2. The van der Waals surface area contributed by atoms with Crippen molar-refractivity contribution in [2.75, 3.05) is 25.2 Å². The van der Waals surface area contributed by atoms with Gasteiger partial charge in [-0.3, -0.25) is 14.5 Å². The van der Waals surface area contributed by atoms with Gasteiger partial charge in [-0.1, -0.05) is 101 Å². The molecular weight excluding hydrogens is 763 g/mol. The summed E-state index contributed by atoms with van der Waals surface area (Å²) in [4.78, 5) is 64.4. The number of thiazole rings is 1. The number of carbonyl (C=O) groups excluding carboxylic acids is 4. The molecular formula is C38H31N7O7S3. The molecule has 0 bridgehead atoms. The maximum absolute atomic E-state index is 13.6. The zero-order valence-electron chi connectivity index (χ0n) is 28.9. The van der Waals surface area contributed by atoms with E-state index in [0.717, 1.165) is 34.4 Å². The first-order chi connectivity index (χ1) is 26.8. The summed E-state index contributed by atoms with van der Waals surface area (Å²) in [6.45, 7) is -0.641. The van der Waals surface area contributed by atoms with Crippen molar-refractivity contribution < 1.29 is 33.5 Å². The second-order valence-electron chi connectivity index (χ2n) is 11.9. The van der Waals surface area contributed by atoms with E-state index in [1.54, 1.807) is 17.5 Å². The minimum Gasteiger partial charge on any atom is -0.466 e. The summed E-state index contributed by atoms with van der Waals surface area (Å²) in [7, 11) is 1.17. The number of nitrogens with one attached hydrogen (secondary N) is 1. The molecule has 1 fully saturated rings. The van der Waals surface area contributed by atoms with Crippen LogP contribution in [-0.4, -0.2) is 80.3 Å². The van der Waals surface area contributed by atoms with E-state index in [0.29, 0.717) is 27.7 Å². The molecule has 2 atom stereocenters. The Hall–Kier alpha value is -6.17. The van der Waals surface area contributed by atoms with Gasteiger partial charge in [0.1, 0.15) is 23.3 Å². The van der Waals surface area contributed by atoms with Crippen LogP contribution in [0.5, 0.6) is 0 Å². The van der Waals surface area contributed by atoms with Crippen molar-refractivity contribution in [3.05, 3.63) is 135 Å². The molecule has 3 N–H and O–H groups in total. The van der Waals surface area contributed by atoms with Crippen molar-refractivity contribution in [2.45, 2.75) is 17.0 Å². The number of carbonyl (C=O) groups is 4.